The number of hydrogen-bond acceptors (Lipinski definition) is 5. The monoisotopic (exact) mass is 307 g/mol. The zero-order chi connectivity index (χ0) is 14.7. The van der Waals surface area contributed by atoms with E-state index >= 15 is 0 Å². The molecular weight excluding hydrogens is 290 g/mol. The van der Waals surface area contributed by atoms with Gasteiger partial charge in [0.2, 0.25) is 0 Å². The number of fused-ring (bicyclic) bond motifs is 1. The lowest BCUT2D eigenvalue weighted by Gasteiger charge is -2.26. The van der Waals surface area contributed by atoms with Gasteiger partial charge in [-0.2, -0.15) is 0 Å². The zero-order valence-corrected chi connectivity index (χ0v) is 12.2. The summed E-state index contributed by atoms with van der Waals surface area (Å²) in [6.45, 7) is 0.917. The van der Waals surface area contributed by atoms with Crippen LogP contribution in [-0.2, 0) is 4.74 Å². The van der Waals surface area contributed by atoms with Gasteiger partial charge >= 0.3 is 6.03 Å². The molecule has 0 unspecified atom stereocenters. The molecule has 2 aromatic rings. The molecule has 6 nitrogen and oxygen atoms in total. The highest BCUT2D eigenvalue weighted by Crippen LogP contribution is 2.25. The Labute approximate surface area is 126 Å². The standard InChI is InChI=1S/C14H17N3O3S/c18-9-5-6-20-10(7-9)8-15-13(19)17-14-16-11-3-1-2-4-12(11)21-14/h1-4,9-10,18H,5-8H2,(H2,15,16,17,19)/t9-,10+/m1/s1. The summed E-state index contributed by atoms with van der Waals surface area (Å²) >= 11 is 1.43. The van der Waals surface area contributed by atoms with E-state index in [4.69, 9.17) is 4.74 Å². The van der Waals surface area contributed by atoms with Crippen molar-refractivity contribution >= 4 is 32.7 Å². The normalized spacial score (nSPS) is 22.1. The third-order valence-corrected chi connectivity index (χ3v) is 4.30. The number of aliphatic hydroxyl groups excluding tert-OH is 1. The van der Waals surface area contributed by atoms with Crippen molar-refractivity contribution < 1.29 is 14.6 Å². The van der Waals surface area contributed by atoms with E-state index < -0.39 is 0 Å². The number of thiazole rings is 1. The predicted molar refractivity (Wildman–Crippen MR) is 81.6 cm³/mol. The molecule has 1 aromatic heterocycles. The summed E-state index contributed by atoms with van der Waals surface area (Å²) in [7, 11) is 0. The summed E-state index contributed by atoms with van der Waals surface area (Å²) in [6, 6.07) is 7.42. The van der Waals surface area contributed by atoms with E-state index in [1.165, 1.54) is 11.3 Å². The van der Waals surface area contributed by atoms with Gasteiger partial charge in [0.15, 0.2) is 5.13 Å². The predicted octanol–water partition coefficient (Wildman–Crippen LogP) is 1.96. The summed E-state index contributed by atoms with van der Waals surface area (Å²) < 4.78 is 6.52. The summed E-state index contributed by atoms with van der Waals surface area (Å²) in [5.41, 5.74) is 0.872. The highest BCUT2D eigenvalue weighted by molar-refractivity contribution is 7.22. The van der Waals surface area contributed by atoms with E-state index in [0.717, 1.165) is 10.2 Å². The molecule has 1 fully saturated rings. The third-order valence-electron chi connectivity index (χ3n) is 3.34. The second kappa shape index (κ2) is 6.38. The van der Waals surface area contributed by atoms with Gasteiger partial charge in [0, 0.05) is 19.6 Å². The van der Waals surface area contributed by atoms with Gasteiger partial charge < -0.3 is 15.2 Å². The van der Waals surface area contributed by atoms with Gasteiger partial charge in [-0.15, -0.1) is 0 Å². The summed E-state index contributed by atoms with van der Waals surface area (Å²) in [5, 5.41) is 15.6. The molecule has 1 saturated heterocycles. The Morgan fingerprint density at radius 3 is 3.14 bits per heavy atom. The average molecular weight is 307 g/mol. The maximum absolute atomic E-state index is 11.8. The van der Waals surface area contributed by atoms with Gasteiger partial charge in [-0.1, -0.05) is 23.5 Å². The number of carbonyl (C=O) groups excluding carboxylic acids is 1. The molecule has 3 N–H and O–H groups in total. The minimum absolute atomic E-state index is 0.130. The average Bonchev–Trinajstić information content (AvgIpc) is 2.87. The first-order valence-corrected chi connectivity index (χ1v) is 7.72. The first-order chi connectivity index (χ1) is 10.2. The number of aliphatic hydroxyl groups is 1. The van der Waals surface area contributed by atoms with E-state index in [0.29, 0.717) is 31.1 Å². The van der Waals surface area contributed by atoms with Crippen LogP contribution in [0.1, 0.15) is 12.8 Å². The van der Waals surface area contributed by atoms with E-state index in [-0.39, 0.29) is 18.2 Å². The fourth-order valence-electron chi connectivity index (χ4n) is 2.28. The van der Waals surface area contributed by atoms with Crippen LogP contribution in [0.5, 0.6) is 0 Å². The number of hydrogen-bond donors (Lipinski definition) is 3. The molecule has 7 heteroatoms. The molecule has 1 aliphatic rings. The first kappa shape index (κ1) is 14.2. The van der Waals surface area contributed by atoms with Crippen molar-refractivity contribution in [2.45, 2.75) is 25.0 Å². The third kappa shape index (κ3) is 3.69. The molecule has 0 spiro atoms. The van der Waals surface area contributed by atoms with E-state index in [1.54, 1.807) is 0 Å². The molecule has 2 heterocycles. The number of amides is 2. The second-order valence-electron chi connectivity index (χ2n) is 4.99. The summed E-state index contributed by atoms with van der Waals surface area (Å²) in [4.78, 5) is 16.2. The minimum atomic E-state index is -0.335. The van der Waals surface area contributed by atoms with Crippen LogP contribution in [0.15, 0.2) is 24.3 Å². The number of ether oxygens (including phenoxy) is 1. The van der Waals surface area contributed by atoms with Crippen molar-refractivity contribution in [3.05, 3.63) is 24.3 Å². The summed E-state index contributed by atoms with van der Waals surface area (Å²) in [5.74, 6) is 0. The number of anilines is 1. The highest BCUT2D eigenvalue weighted by atomic mass is 32.1. The molecule has 112 valence electrons. The second-order valence-corrected chi connectivity index (χ2v) is 6.02. The molecule has 0 saturated carbocycles. The molecule has 0 radical (unpaired) electrons. The molecule has 1 aliphatic heterocycles. The number of urea groups is 1. The zero-order valence-electron chi connectivity index (χ0n) is 11.4. The fraction of sp³-hybridized carbons (Fsp3) is 0.429. The van der Waals surface area contributed by atoms with Crippen molar-refractivity contribution in [1.82, 2.24) is 10.3 Å². The van der Waals surface area contributed by atoms with E-state index in [9.17, 15) is 9.90 Å². The van der Waals surface area contributed by atoms with Gasteiger partial charge in [-0.3, -0.25) is 5.32 Å². The van der Waals surface area contributed by atoms with Crippen molar-refractivity contribution in [2.24, 2.45) is 0 Å². The van der Waals surface area contributed by atoms with Gasteiger partial charge in [0.05, 0.1) is 22.4 Å². The van der Waals surface area contributed by atoms with Crippen molar-refractivity contribution in [3.63, 3.8) is 0 Å². The Balaban J connectivity index is 1.51. The van der Waals surface area contributed by atoms with Crippen LogP contribution in [0.25, 0.3) is 10.2 Å². The van der Waals surface area contributed by atoms with Crippen LogP contribution in [0.3, 0.4) is 0 Å². The van der Waals surface area contributed by atoms with Gasteiger partial charge in [0.25, 0.3) is 0 Å². The molecule has 1 aromatic carbocycles. The van der Waals surface area contributed by atoms with Crippen molar-refractivity contribution in [2.75, 3.05) is 18.5 Å². The van der Waals surface area contributed by atoms with Crippen LogP contribution in [-0.4, -0.2) is 41.5 Å². The maximum atomic E-state index is 11.8. The number of nitrogens with one attached hydrogen (secondary N) is 2. The Kier molecular flexibility index (Phi) is 4.33. The van der Waals surface area contributed by atoms with Crippen LogP contribution < -0.4 is 10.6 Å². The lowest BCUT2D eigenvalue weighted by molar-refractivity contribution is -0.0405. The van der Waals surface area contributed by atoms with Crippen LogP contribution in [0.4, 0.5) is 9.93 Å². The maximum Gasteiger partial charge on any atom is 0.321 e. The largest absolute Gasteiger partial charge is 0.393 e. The van der Waals surface area contributed by atoms with Gasteiger partial charge in [-0.25, -0.2) is 9.78 Å². The number of benzene rings is 1. The Bertz CT molecular complexity index is 598. The van der Waals surface area contributed by atoms with Crippen molar-refractivity contribution in [1.29, 1.82) is 0 Å². The molecule has 0 bridgehead atoms. The molecule has 0 aliphatic carbocycles. The number of para-hydroxylation sites is 1. The lowest BCUT2D eigenvalue weighted by atomic mass is 10.1. The molecular formula is C14H17N3O3S. The smallest absolute Gasteiger partial charge is 0.321 e. The highest BCUT2D eigenvalue weighted by Gasteiger charge is 2.21. The molecule has 2 atom stereocenters. The molecule has 3 rings (SSSR count). The topological polar surface area (TPSA) is 83.5 Å². The lowest BCUT2D eigenvalue weighted by Crippen LogP contribution is -2.40. The first-order valence-electron chi connectivity index (χ1n) is 6.91. The molecule has 2 amide bonds. The van der Waals surface area contributed by atoms with Crippen LogP contribution in [0.2, 0.25) is 0 Å². The quantitative estimate of drug-likeness (QED) is 0.809. The number of carbonyl (C=O) groups is 1. The van der Waals surface area contributed by atoms with E-state index in [2.05, 4.69) is 15.6 Å². The van der Waals surface area contributed by atoms with Gasteiger partial charge in [0.1, 0.15) is 0 Å². The van der Waals surface area contributed by atoms with Crippen molar-refractivity contribution in [3.8, 4) is 0 Å². The SMILES string of the molecule is O=C(NC[C@@H]1C[C@H](O)CCO1)Nc1nc2ccccc2s1. The van der Waals surface area contributed by atoms with E-state index in [1.807, 2.05) is 24.3 Å². The van der Waals surface area contributed by atoms with Crippen LogP contribution >= 0.6 is 11.3 Å². The number of nitrogens with zero attached hydrogens (tertiary/aromatic N) is 1. The number of aromatic nitrogens is 1. The minimum Gasteiger partial charge on any atom is -0.393 e. The molecule has 21 heavy (non-hydrogen) atoms. The van der Waals surface area contributed by atoms with Crippen LogP contribution in [0, 0.1) is 0 Å². The fourth-order valence-corrected chi connectivity index (χ4v) is 3.14. The Morgan fingerprint density at radius 1 is 1.48 bits per heavy atom. The Morgan fingerprint density at radius 2 is 2.33 bits per heavy atom. The van der Waals surface area contributed by atoms with Gasteiger partial charge in [-0.05, 0) is 18.6 Å². The Hall–Kier alpha value is -1.70. The number of rotatable bonds is 3. The summed E-state index contributed by atoms with van der Waals surface area (Å²) in [6.07, 6.45) is 0.753.